The van der Waals surface area contributed by atoms with Crippen LogP contribution in [0, 0.1) is 0 Å². The number of rotatable bonds is 9. The lowest BCUT2D eigenvalue weighted by Crippen LogP contribution is -2.48. The van der Waals surface area contributed by atoms with Crippen LogP contribution >= 0.6 is 0 Å². The van der Waals surface area contributed by atoms with Crippen molar-refractivity contribution >= 4 is 26.6 Å². The van der Waals surface area contributed by atoms with Gasteiger partial charge in [-0.05, 0) is 74.7 Å². The van der Waals surface area contributed by atoms with E-state index in [9.17, 15) is 39.6 Å². The van der Waals surface area contributed by atoms with Crippen molar-refractivity contribution in [2.75, 3.05) is 39.5 Å². The molecule has 1 amide bonds. The van der Waals surface area contributed by atoms with Crippen molar-refractivity contribution in [2.45, 2.75) is 67.7 Å². The number of hydrogen-bond acceptors (Lipinski definition) is 7. The number of benzene rings is 3. The molecule has 0 spiro atoms. The lowest BCUT2D eigenvalue weighted by atomic mass is 9.93. The molecule has 0 bridgehead atoms. The van der Waals surface area contributed by atoms with Gasteiger partial charge < -0.3 is 15.0 Å². The summed E-state index contributed by atoms with van der Waals surface area (Å²) >= 11 is 0. The second-order valence-electron chi connectivity index (χ2n) is 13.7. The third-order valence-corrected chi connectivity index (χ3v) is 11.3. The monoisotopic (exact) mass is 762 g/mol. The Morgan fingerprint density at radius 1 is 0.906 bits per heavy atom. The van der Waals surface area contributed by atoms with E-state index in [4.69, 9.17) is 4.74 Å². The quantitative estimate of drug-likeness (QED) is 0.178. The molecule has 0 unspecified atom stereocenters. The summed E-state index contributed by atoms with van der Waals surface area (Å²) in [5.41, 5.74) is -1.40. The second-order valence-corrected chi connectivity index (χ2v) is 15.7. The van der Waals surface area contributed by atoms with Crippen molar-refractivity contribution in [2.24, 2.45) is 0 Å². The highest BCUT2D eigenvalue weighted by molar-refractivity contribution is 7.90. The molecule has 1 N–H and O–H groups in total. The second kappa shape index (κ2) is 15.4. The van der Waals surface area contributed by atoms with Crippen molar-refractivity contribution in [3.05, 3.63) is 95.1 Å². The van der Waals surface area contributed by atoms with E-state index in [1.54, 1.807) is 7.11 Å². The molecule has 284 valence electrons. The van der Waals surface area contributed by atoms with Crippen molar-refractivity contribution in [3.63, 3.8) is 0 Å². The molecule has 0 radical (unpaired) electrons. The van der Waals surface area contributed by atoms with Gasteiger partial charge in [-0.2, -0.15) is 26.3 Å². The molecular formula is C38H40F6N4O4S. The van der Waals surface area contributed by atoms with Gasteiger partial charge >= 0.3 is 12.4 Å². The smallest absolute Gasteiger partial charge is 0.381 e. The Morgan fingerprint density at radius 2 is 1.58 bits per heavy atom. The number of hydrogen-bond donors (Lipinski definition) is 1. The molecule has 2 aliphatic heterocycles. The van der Waals surface area contributed by atoms with Crippen molar-refractivity contribution in [1.29, 1.82) is 0 Å². The number of piperidine rings is 2. The van der Waals surface area contributed by atoms with Gasteiger partial charge in [-0.15, -0.1) is 0 Å². The normalized spacial score (nSPS) is 18.0. The van der Waals surface area contributed by atoms with E-state index in [-0.39, 0.29) is 62.4 Å². The van der Waals surface area contributed by atoms with Crippen molar-refractivity contribution in [1.82, 2.24) is 20.1 Å². The highest BCUT2D eigenvalue weighted by Crippen LogP contribution is 2.38. The van der Waals surface area contributed by atoms with Gasteiger partial charge in [0.25, 0.3) is 5.91 Å². The van der Waals surface area contributed by atoms with Gasteiger partial charge in [0.2, 0.25) is 0 Å². The maximum atomic E-state index is 14.6. The number of carbonyl (C=O) groups excluding carboxylic acids is 1. The van der Waals surface area contributed by atoms with E-state index in [1.165, 1.54) is 60.7 Å². The Bertz CT molecular complexity index is 2040. The number of fused-ring (bicyclic) bond motifs is 1. The maximum absolute atomic E-state index is 14.6. The molecule has 2 fully saturated rings. The zero-order valence-electron chi connectivity index (χ0n) is 29.2. The average molecular weight is 763 g/mol. The van der Waals surface area contributed by atoms with Crippen molar-refractivity contribution in [3.8, 4) is 11.3 Å². The zero-order valence-corrected chi connectivity index (χ0v) is 30.0. The van der Waals surface area contributed by atoms with E-state index in [0.717, 1.165) is 57.2 Å². The van der Waals surface area contributed by atoms with E-state index in [2.05, 4.69) is 15.2 Å². The molecule has 4 aromatic rings. The van der Waals surface area contributed by atoms with Gasteiger partial charge in [-0.3, -0.25) is 9.69 Å². The molecule has 6 rings (SSSR count). The molecule has 3 aromatic carbocycles. The fourth-order valence-corrected chi connectivity index (χ4v) is 8.00. The highest BCUT2D eigenvalue weighted by atomic mass is 32.2. The van der Waals surface area contributed by atoms with E-state index < -0.39 is 39.7 Å². The Balaban J connectivity index is 1.48. The summed E-state index contributed by atoms with van der Waals surface area (Å²) in [6.45, 7) is 2.79. The van der Waals surface area contributed by atoms with Crippen molar-refractivity contribution < 1.29 is 44.3 Å². The minimum Gasteiger partial charge on any atom is -0.381 e. The predicted molar refractivity (Wildman–Crippen MR) is 188 cm³/mol. The molecule has 0 saturated carbocycles. The number of ether oxygens (including phenoxy) is 1. The van der Waals surface area contributed by atoms with Gasteiger partial charge in [-0.1, -0.05) is 42.5 Å². The minimum absolute atomic E-state index is 0.00398. The average Bonchev–Trinajstić information content (AvgIpc) is 3.12. The molecule has 1 aromatic heterocycles. The van der Waals surface area contributed by atoms with Gasteiger partial charge in [0.05, 0.1) is 33.3 Å². The van der Waals surface area contributed by atoms with Gasteiger partial charge in [0.15, 0.2) is 15.9 Å². The largest absolute Gasteiger partial charge is 0.416 e. The number of methoxy groups -OCH3 is 1. The van der Waals surface area contributed by atoms with Gasteiger partial charge in [-0.25, -0.2) is 13.4 Å². The number of nitrogens with zero attached hydrogens (tertiary/aromatic N) is 3. The summed E-state index contributed by atoms with van der Waals surface area (Å²) in [5, 5.41) is 2.09. The first-order valence-corrected chi connectivity index (χ1v) is 19.2. The molecule has 53 heavy (non-hydrogen) atoms. The number of likely N-dealkylation sites (tertiary alicyclic amines) is 2. The standard InChI is InChI=1S/C38H40F6N4O4S/c1-52-28-15-19-48(20-16-28)27-13-17-47(18-14-27)23-31-33(36(49)46-35(38(42,43)44)24-7-4-3-5-8-24)30-22-29(53(2,50)51)11-12-32(30)45-34(31)25-9-6-10-26(21-25)37(39,40)41/h3-12,21-22,27-28,35H,13-20,23H2,1-2H3,(H,46,49)/t35-/m1/s1. The Kier molecular flexibility index (Phi) is 11.2. The van der Waals surface area contributed by atoms with Gasteiger partial charge in [0.1, 0.15) is 0 Å². The van der Waals surface area contributed by atoms with E-state index in [0.29, 0.717) is 13.1 Å². The van der Waals surface area contributed by atoms with E-state index in [1.807, 2.05) is 4.90 Å². The fraction of sp³-hybridized carbons (Fsp3) is 0.421. The van der Waals surface area contributed by atoms with Crippen LogP contribution in [0.1, 0.15) is 58.8 Å². The van der Waals surface area contributed by atoms with Crippen LogP contribution in [0.25, 0.3) is 22.2 Å². The fourth-order valence-electron chi connectivity index (χ4n) is 7.35. The first kappa shape index (κ1) is 38.7. The molecule has 0 aliphatic carbocycles. The van der Waals surface area contributed by atoms with Crippen LogP contribution < -0.4 is 5.32 Å². The number of nitrogens with one attached hydrogen (secondary N) is 1. The number of sulfone groups is 1. The van der Waals surface area contributed by atoms with E-state index >= 15 is 0 Å². The molecule has 2 saturated heterocycles. The lowest BCUT2D eigenvalue weighted by Gasteiger charge is -2.41. The SMILES string of the molecule is COC1CCN(C2CCN(Cc3c(-c4cccc(C(F)(F)F)c4)nc4ccc(S(C)(=O)=O)cc4c3C(=O)N[C@H](c3ccccc3)C(F)(F)F)CC2)CC1. The van der Waals surface area contributed by atoms with Gasteiger partial charge in [0, 0.05) is 55.6 Å². The van der Waals surface area contributed by atoms with Crippen LogP contribution in [0.3, 0.4) is 0 Å². The highest BCUT2D eigenvalue weighted by Gasteiger charge is 2.43. The lowest BCUT2D eigenvalue weighted by molar-refractivity contribution is -0.155. The van der Waals surface area contributed by atoms with Crippen LogP contribution in [0.15, 0.2) is 77.7 Å². The first-order chi connectivity index (χ1) is 25.0. The Morgan fingerprint density at radius 3 is 2.19 bits per heavy atom. The minimum atomic E-state index is -4.93. The Hall–Kier alpha value is -4.05. The predicted octanol–water partition coefficient (Wildman–Crippen LogP) is 7.43. The third-order valence-electron chi connectivity index (χ3n) is 10.2. The molecular weight excluding hydrogens is 722 g/mol. The molecule has 2 aliphatic rings. The summed E-state index contributed by atoms with van der Waals surface area (Å²) < 4.78 is 116. The van der Waals surface area contributed by atoms with Crippen LogP contribution in [0.5, 0.6) is 0 Å². The molecule has 3 heterocycles. The number of carbonyl (C=O) groups is 1. The molecule has 8 nitrogen and oxygen atoms in total. The summed E-state index contributed by atoms with van der Waals surface area (Å²) in [5.74, 6) is -1.17. The first-order valence-electron chi connectivity index (χ1n) is 17.3. The number of aromatic nitrogens is 1. The number of halogens is 6. The van der Waals surface area contributed by atoms with Crippen LogP contribution in [-0.4, -0.2) is 87.0 Å². The summed E-state index contributed by atoms with van der Waals surface area (Å²) in [6.07, 6.45) is -5.15. The summed E-state index contributed by atoms with van der Waals surface area (Å²) in [7, 11) is -2.16. The Labute approximate surface area is 304 Å². The maximum Gasteiger partial charge on any atom is 0.416 e. The molecule has 1 atom stereocenters. The summed E-state index contributed by atoms with van der Waals surface area (Å²) in [4.78, 5) is 23.3. The number of alkyl halides is 6. The number of amides is 1. The zero-order chi connectivity index (χ0) is 38.1. The topological polar surface area (TPSA) is 91.8 Å². The molecule has 15 heteroatoms. The van der Waals surface area contributed by atoms with Crippen LogP contribution in [-0.2, 0) is 27.3 Å². The third kappa shape index (κ3) is 8.85. The summed E-state index contributed by atoms with van der Waals surface area (Å²) in [6, 6.07) is 12.7. The van der Waals surface area contributed by atoms with Crippen LogP contribution in [0.4, 0.5) is 26.3 Å². The van der Waals surface area contributed by atoms with Crippen LogP contribution in [0.2, 0.25) is 0 Å². The number of pyridine rings is 1.